The predicted molar refractivity (Wildman–Crippen MR) is 387 cm³/mol. The van der Waals surface area contributed by atoms with Crippen molar-refractivity contribution in [3.8, 4) is 0 Å². The number of aliphatic hydroxyl groups is 3. The molecule has 9 N–H and O–H groups in total. The van der Waals surface area contributed by atoms with E-state index in [1.165, 1.54) is 89.9 Å². The van der Waals surface area contributed by atoms with Gasteiger partial charge in [0.05, 0.1) is 51.8 Å². The lowest BCUT2D eigenvalue weighted by Crippen LogP contribution is -2.54. The monoisotopic (exact) mass is 1390 g/mol. The maximum Gasteiger partial charge on any atom is 0.245 e. The van der Waals surface area contributed by atoms with Crippen LogP contribution in [0.1, 0.15) is 260 Å². The summed E-state index contributed by atoms with van der Waals surface area (Å²) in [5.74, 6) is 7.97. The molecule has 11 unspecified atom stereocenters. The molecule has 8 saturated carbocycles. The minimum atomic E-state index is -0.410. The molecule has 8 aliphatic rings. The summed E-state index contributed by atoms with van der Waals surface area (Å²) in [6, 6.07) is -0.410. The Kier molecular flexibility index (Phi) is 32.9. The largest absolute Gasteiger partial charge is 0.396 e. The van der Waals surface area contributed by atoms with Gasteiger partial charge in [0.2, 0.25) is 35.4 Å². The Morgan fingerprint density at radius 3 is 1.34 bits per heavy atom. The number of carbonyl (C=O) groups excluding carboxylic acids is 6. The fourth-order valence-corrected chi connectivity index (χ4v) is 22.7. The Hall–Kier alpha value is -3.46. The summed E-state index contributed by atoms with van der Waals surface area (Å²) in [4.78, 5) is 77.3. The SMILES string of the molecule is CCCC(CO)CCCCNC(=O)C[C@H](CCCCNC(=O)COCCOCCNC(=O)CCC(C)[C@H]1CCC2C3CCC4C[C@H](O)CC[C@]4(C)C3CC[C@@]21C)NC(=O)CCCNC(=O)COCCOCCNC(=O)CCC(C)[C@H]1CCC2C3CCC4C[C@H](O)CC[C@]4(C)C3CC[C@@]21C. The molecule has 99 heavy (non-hydrogen) atoms. The van der Waals surface area contributed by atoms with Gasteiger partial charge in [0.1, 0.15) is 13.2 Å². The number of ether oxygens (including phenoxy) is 4. The minimum absolute atomic E-state index is 0.0613. The summed E-state index contributed by atoms with van der Waals surface area (Å²) < 4.78 is 22.5. The highest BCUT2D eigenvalue weighted by Crippen LogP contribution is 2.70. The Morgan fingerprint density at radius 1 is 0.424 bits per heavy atom. The molecule has 0 saturated heterocycles. The number of hydrogen-bond acceptors (Lipinski definition) is 13. The predicted octanol–water partition coefficient (Wildman–Crippen LogP) is 10.9. The first-order chi connectivity index (χ1) is 47.6. The molecule has 0 bridgehead atoms. The highest BCUT2D eigenvalue weighted by Gasteiger charge is 2.62. The first-order valence-electron chi connectivity index (χ1n) is 40.5. The average Bonchev–Trinajstić information content (AvgIpc) is 1.70. The van der Waals surface area contributed by atoms with Gasteiger partial charge in [-0.2, -0.15) is 0 Å². The van der Waals surface area contributed by atoms with Crippen LogP contribution in [0.3, 0.4) is 0 Å². The van der Waals surface area contributed by atoms with Gasteiger partial charge in [-0.15, -0.1) is 0 Å². The van der Waals surface area contributed by atoms with Gasteiger partial charge in [-0.25, -0.2) is 0 Å². The molecule has 0 aliphatic heterocycles. The van der Waals surface area contributed by atoms with E-state index in [0.29, 0.717) is 142 Å². The second-order valence-corrected chi connectivity index (χ2v) is 34.1. The van der Waals surface area contributed by atoms with E-state index in [1.54, 1.807) is 0 Å². The normalized spacial score (nSPS) is 33.4. The molecule has 20 atom stereocenters. The topological polar surface area (TPSA) is 272 Å². The molecular formula is C80H140N6O13. The smallest absolute Gasteiger partial charge is 0.245 e. The van der Waals surface area contributed by atoms with E-state index in [1.807, 2.05) is 0 Å². The average molecular weight is 1390 g/mol. The Balaban J connectivity index is 0.614. The molecule has 568 valence electrons. The fourth-order valence-electron chi connectivity index (χ4n) is 22.7. The zero-order valence-electron chi connectivity index (χ0n) is 62.9. The number of hydrogen-bond donors (Lipinski definition) is 9. The van der Waals surface area contributed by atoms with Gasteiger partial charge in [-0.05, 0) is 272 Å². The van der Waals surface area contributed by atoms with Crippen molar-refractivity contribution in [3.05, 3.63) is 0 Å². The van der Waals surface area contributed by atoms with Crippen LogP contribution in [0.5, 0.6) is 0 Å². The van der Waals surface area contributed by atoms with Crippen LogP contribution in [0.15, 0.2) is 0 Å². The maximum atomic E-state index is 13.2. The van der Waals surface area contributed by atoms with Crippen molar-refractivity contribution in [3.63, 3.8) is 0 Å². The third kappa shape index (κ3) is 22.8. The third-order valence-electron chi connectivity index (χ3n) is 28.1. The van der Waals surface area contributed by atoms with E-state index in [0.717, 1.165) is 106 Å². The summed E-state index contributed by atoms with van der Waals surface area (Å²) in [6.45, 7) is 20.9. The molecule has 0 aromatic rings. The molecule has 0 heterocycles. The molecular weight excluding hydrogens is 1250 g/mol. The summed E-state index contributed by atoms with van der Waals surface area (Å²) in [5.41, 5.74) is 1.49. The Morgan fingerprint density at radius 2 is 0.859 bits per heavy atom. The standard InChI is InChI=1S/C80H140N6O13/c1-8-14-57(52-87)15-9-11-38-81-74(93)51-60(16-10-12-39-82-75(94)53-98-47-45-96-43-41-84-71(90)28-18-55(2)65-24-26-67-63-22-20-58-49-61(88)30-34-77(58,4)69(63)32-36-79(65,67)6)86-73(92)17-13-40-83-76(95)54-99-48-46-97-44-42-85-72(91)29-19-56(3)66-25-27-68-64-23-21-59-50-62(89)31-35-78(59,5)70(64)33-37-80(66,68)7/h55-70,87-89H,8-54H2,1-7H3,(H,81,93)(H,82,94)(H,83,95)(H,84,90)(H,85,91)(H,86,92)/t55?,56?,57?,58?,59?,60-,61+,62+,63?,64?,65+,66+,67?,68?,69?,70?,77-,78-,79+,80+/m0/s1. The molecule has 6 amide bonds. The number of amides is 6. The summed E-state index contributed by atoms with van der Waals surface area (Å²) in [5, 5.41) is 48.4. The first kappa shape index (κ1) is 81.2. The van der Waals surface area contributed by atoms with Crippen LogP contribution in [0.2, 0.25) is 0 Å². The van der Waals surface area contributed by atoms with E-state index in [2.05, 4.69) is 80.4 Å². The van der Waals surface area contributed by atoms with Gasteiger partial charge in [-0.1, -0.05) is 61.3 Å². The van der Waals surface area contributed by atoms with Crippen molar-refractivity contribution in [2.24, 2.45) is 98.6 Å². The number of aliphatic hydroxyl groups excluding tert-OH is 3. The van der Waals surface area contributed by atoms with E-state index in [4.69, 9.17) is 18.9 Å². The van der Waals surface area contributed by atoms with Gasteiger partial charge in [0.15, 0.2) is 0 Å². The van der Waals surface area contributed by atoms with Crippen LogP contribution in [0, 0.1) is 98.6 Å². The fraction of sp³-hybridized carbons (Fsp3) is 0.925. The summed E-state index contributed by atoms with van der Waals surface area (Å²) >= 11 is 0. The molecule has 0 spiro atoms. The van der Waals surface area contributed by atoms with Crippen molar-refractivity contribution < 1.29 is 63.0 Å². The van der Waals surface area contributed by atoms with Gasteiger partial charge in [0, 0.05) is 71.1 Å². The van der Waals surface area contributed by atoms with Crippen LogP contribution < -0.4 is 31.9 Å². The first-order valence-corrected chi connectivity index (χ1v) is 40.5. The van der Waals surface area contributed by atoms with Crippen LogP contribution in [-0.4, -0.2) is 161 Å². The molecule has 8 rings (SSSR count). The van der Waals surface area contributed by atoms with E-state index < -0.39 is 6.04 Å². The van der Waals surface area contributed by atoms with E-state index >= 15 is 0 Å². The van der Waals surface area contributed by atoms with Gasteiger partial charge >= 0.3 is 0 Å². The highest BCUT2D eigenvalue weighted by atomic mass is 16.5. The zero-order valence-corrected chi connectivity index (χ0v) is 62.9. The zero-order chi connectivity index (χ0) is 71.0. The Bertz CT molecular complexity index is 2490. The summed E-state index contributed by atoms with van der Waals surface area (Å²) in [7, 11) is 0. The van der Waals surface area contributed by atoms with Crippen molar-refractivity contribution in [2.75, 3.05) is 92.2 Å². The number of rotatable bonds is 44. The Labute approximate surface area is 597 Å². The second-order valence-electron chi connectivity index (χ2n) is 34.1. The molecule has 19 heteroatoms. The molecule has 0 aromatic carbocycles. The molecule has 19 nitrogen and oxygen atoms in total. The van der Waals surface area contributed by atoms with E-state index in [-0.39, 0.29) is 113 Å². The van der Waals surface area contributed by atoms with Gasteiger partial charge in [0.25, 0.3) is 0 Å². The minimum Gasteiger partial charge on any atom is -0.396 e. The van der Waals surface area contributed by atoms with Crippen molar-refractivity contribution >= 4 is 35.4 Å². The molecule has 8 aliphatic carbocycles. The maximum absolute atomic E-state index is 13.2. The van der Waals surface area contributed by atoms with Crippen molar-refractivity contribution in [1.29, 1.82) is 0 Å². The van der Waals surface area contributed by atoms with Gasteiger partial charge in [-0.3, -0.25) is 28.8 Å². The van der Waals surface area contributed by atoms with E-state index in [9.17, 15) is 44.1 Å². The number of carbonyl (C=O) groups is 6. The lowest BCUT2D eigenvalue weighted by molar-refractivity contribution is -0.130. The molecule has 8 fully saturated rings. The van der Waals surface area contributed by atoms with Gasteiger partial charge < -0.3 is 66.2 Å². The summed E-state index contributed by atoms with van der Waals surface area (Å²) in [6.07, 6.45) is 31.7. The van der Waals surface area contributed by atoms with Crippen LogP contribution >= 0.6 is 0 Å². The highest BCUT2D eigenvalue weighted by molar-refractivity contribution is 5.80. The number of unbranched alkanes of at least 4 members (excludes halogenated alkanes) is 2. The third-order valence-corrected chi connectivity index (χ3v) is 28.1. The lowest BCUT2D eigenvalue weighted by Gasteiger charge is -2.61. The number of fused-ring (bicyclic) bond motifs is 10. The molecule has 0 aromatic heterocycles. The van der Waals surface area contributed by atoms with Crippen LogP contribution in [0.4, 0.5) is 0 Å². The van der Waals surface area contributed by atoms with Crippen LogP contribution in [-0.2, 0) is 47.7 Å². The van der Waals surface area contributed by atoms with Crippen molar-refractivity contribution in [1.82, 2.24) is 31.9 Å². The van der Waals surface area contributed by atoms with Crippen molar-refractivity contribution in [2.45, 2.75) is 279 Å². The second kappa shape index (κ2) is 40.1. The molecule has 0 radical (unpaired) electrons. The quantitative estimate of drug-likeness (QED) is 0.0257. The number of nitrogens with one attached hydrogen (secondary N) is 6. The lowest BCUT2D eigenvalue weighted by atomic mass is 9.44. The van der Waals surface area contributed by atoms with Crippen LogP contribution in [0.25, 0.3) is 0 Å².